The van der Waals surface area contributed by atoms with Crippen LogP contribution in [0.2, 0.25) is 0 Å². The number of H-pyrrole nitrogens is 1. The first kappa shape index (κ1) is 26.3. The topological polar surface area (TPSA) is 110 Å². The van der Waals surface area contributed by atoms with Crippen molar-refractivity contribution >= 4 is 16.6 Å². The van der Waals surface area contributed by atoms with E-state index in [1.807, 2.05) is 12.1 Å². The maximum Gasteiger partial charge on any atom is 0.573 e. The van der Waals surface area contributed by atoms with Crippen LogP contribution in [-0.4, -0.2) is 53.0 Å². The van der Waals surface area contributed by atoms with Gasteiger partial charge in [0.05, 0.1) is 18.3 Å². The van der Waals surface area contributed by atoms with E-state index in [-0.39, 0.29) is 12.1 Å². The van der Waals surface area contributed by atoms with Crippen LogP contribution in [0.1, 0.15) is 18.4 Å². The first-order chi connectivity index (χ1) is 17.8. The van der Waals surface area contributed by atoms with Gasteiger partial charge in [0.2, 0.25) is 5.75 Å². The summed E-state index contributed by atoms with van der Waals surface area (Å²) < 4.78 is 78.3. The number of aromatic nitrogens is 4. The Morgan fingerprint density at radius 2 is 1.81 bits per heavy atom. The highest BCUT2D eigenvalue weighted by atomic mass is 19.4. The van der Waals surface area contributed by atoms with Gasteiger partial charge in [-0.05, 0) is 49.2 Å². The van der Waals surface area contributed by atoms with Gasteiger partial charge in [-0.1, -0.05) is 5.16 Å². The van der Waals surface area contributed by atoms with E-state index in [0.29, 0.717) is 32.2 Å². The minimum Gasteiger partial charge on any atom is -0.399 e. The first-order valence-corrected chi connectivity index (χ1v) is 11.3. The number of ether oxygens (including phenoxy) is 2. The number of rotatable bonds is 13. The lowest BCUT2D eigenvalue weighted by Gasteiger charge is -2.12. The van der Waals surface area contributed by atoms with Crippen LogP contribution < -0.4 is 15.4 Å². The van der Waals surface area contributed by atoms with Crippen molar-refractivity contribution in [3.8, 4) is 17.2 Å². The zero-order chi connectivity index (χ0) is 26.3. The zero-order valence-corrected chi connectivity index (χ0v) is 19.4. The van der Waals surface area contributed by atoms with E-state index in [2.05, 4.69) is 35.7 Å². The molecule has 37 heavy (non-hydrogen) atoms. The fourth-order valence-corrected chi connectivity index (χ4v) is 3.60. The lowest BCUT2D eigenvalue weighted by molar-refractivity contribution is -0.276. The molecule has 0 radical (unpaired) electrons. The normalized spacial score (nSPS) is 11.8. The number of nitrogens with zero attached hydrogens (tertiary/aromatic N) is 3. The van der Waals surface area contributed by atoms with Gasteiger partial charge < -0.3 is 24.6 Å². The van der Waals surface area contributed by atoms with E-state index in [4.69, 9.17) is 9.26 Å². The fourth-order valence-electron chi connectivity index (χ4n) is 3.60. The molecule has 0 saturated carbocycles. The highest BCUT2D eigenvalue weighted by Gasteiger charge is 2.34. The number of alkyl halides is 3. The number of anilines is 1. The molecule has 198 valence electrons. The van der Waals surface area contributed by atoms with Crippen LogP contribution in [0.5, 0.6) is 5.75 Å². The minimum absolute atomic E-state index is 0.0933. The molecule has 0 unspecified atom stereocenters. The number of halogens is 5. The maximum atomic E-state index is 13.7. The smallest absolute Gasteiger partial charge is 0.399 e. The average molecular weight is 526 g/mol. The Morgan fingerprint density at radius 3 is 2.54 bits per heavy atom. The van der Waals surface area contributed by atoms with Crippen LogP contribution in [0.15, 0.2) is 41.3 Å². The van der Waals surface area contributed by atoms with Gasteiger partial charge in [0.15, 0.2) is 18.0 Å². The van der Waals surface area contributed by atoms with Gasteiger partial charge in [-0.3, -0.25) is 5.10 Å². The van der Waals surface area contributed by atoms with E-state index < -0.39 is 23.7 Å². The van der Waals surface area contributed by atoms with Crippen molar-refractivity contribution in [1.82, 2.24) is 25.7 Å². The van der Waals surface area contributed by atoms with Gasteiger partial charge in [-0.2, -0.15) is 10.1 Å². The molecule has 0 atom stereocenters. The summed E-state index contributed by atoms with van der Waals surface area (Å²) in [5, 5.41) is 17.8. The van der Waals surface area contributed by atoms with Crippen molar-refractivity contribution in [2.75, 3.05) is 31.6 Å². The summed E-state index contributed by atoms with van der Waals surface area (Å²) in [6, 6.07) is 5.38. The Balaban J connectivity index is 1.12. The summed E-state index contributed by atoms with van der Waals surface area (Å²) in [6.45, 7) is 2.15. The lowest BCUT2D eigenvalue weighted by atomic mass is 10.1. The second-order valence-electron chi connectivity index (χ2n) is 7.96. The molecule has 0 aliphatic carbocycles. The summed E-state index contributed by atoms with van der Waals surface area (Å²) in [5.74, 6) is -3.89. The Hall–Kier alpha value is -3.78. The van der Waals surface area contributed by atoms with Crippen molar-refractivity contribution in [2.45, 2.75) is 25.7 Å². The molecule has 0 amide bonds. The van der Waals surface area contributed by atoms with E-state index in [1.54, 1.807) is 6.20 Å². The van der Waals surface area contributed by atoms with Crippen molar-refractivity contribution < 1.29 is 35.9 Å². The summed E-state index contributed by atoms with van der Waals surface area (Å²) in [7, 11) is 0. The number of hydrogen-bond donors (Lipinski definition) is 3. The quantitative estimate of drug-likeness (QED) is 0.169. The number of benzene rings is 2. The van der Waals surface area contributed by atoms with Crippen molar-refractivity contribution in [3.05, 3.63) is 54.0 Å². The maximum absolute atomic E-state index is 13.7. The average Bonchev–Trinajstić information content (AvgIpc) is 3.54. The monoisotopic (exact) mass is 526 g/mol. The molecule has 0 aliphatic heterocycles. The molecule has 0 fully saturated rings. The number of fused-ring (bicyclic) bond motifs is 1. The third-order valence-electron chi connectivity index (χ3n) is 5.23. The number of hydrogen-bond acceptors (Lipinski definition) is 8. The Labute approximate surface area is 207 Å². The molecule has 0 spiro atoms. The molecule has 4 rings (SSSR count). The molecule has 2 aromatic carbocycles. The van der Waals surface area contributed by atoms with Gasteiger partial charge in [-0.15, -0.1) is 13.2 Å². The molecule has 0 saturated heterocycles. The van der Waals surface area contributed by atoms with Gasteiger partial charge >= 0.3 is 6.36 Å². The third-order valence-corrected chi connectivity index (χ3v) is 5.23. The molecule has 2 aromatic heterocycles. The number of nitrogens with one attached hydrogen (secondary N) is 3. The Morgan fingerprint density at radius 1 is 1.00 bits per heavy atom. The third kappa shape index (κ3) is 7.36. The number of aromatic amines is 1. The predicted molar refractivity (Wildman–Crippen MR) is 123 cm³/mol. The predicted octanol–water partition coefficient (Wildman–Crippen LogP) is 4.79. The zero-order valence-electron chi connectivity index (χ0n) is 19.4. The highest BCUT2D eigenvalue weighted by molar-refractivity contribution is 5.94. The van der Waals surface area contributed by atoms with E-state index in [9.17, 15) is 22.0 Å². The molecular formula is C23H23F5N6O3. The summed E-state index contributed by atoms with van der Waals surface area (Å²) in [5.41, 5.74) is 2.59. The molecule has 3 N–H and O–H groups in total. The largest absolute Gasteiger partial charge is 0.573 e. The van der Waals surface area contributed by atoms with Gasteiger partial charge in [0.1, 0.15) is 0 Å². The van der Waals surface area contributed by atoms with E-state index >= 15 is 0 Å². The number of unbranched alkanes of at least 4 members (excludes halogenated alkanes) is 1. The van der Waals surface area contributed by atoms with Crippen LogP contribution in [0.3, 0.4) is 0 Å². The highest BCUT2D eigenvalue weighted by Crippen LogP contribution is 2.30. The van der Waals surface area contributed by atoms with Crippen molar-refractivity contribution in [1.29, 1.82) is 0 Å². The molecule has 2 heterocycles. The molecule has 9 nitrogen and oxygen atoms in total. The second kappa shape index (κ2) is 12.0. The minimum atomic E-state index is -5.17. The molecule has 0 aliphatic rings. The van der Waals surface area contributed by atoms with Crippen LogP contribution in [-0.2, 0) is 11.3 Å². The van der Waals surface area contributed by atoms with Crippen LogP contribution >= 0.6 is 0 Å². The van der Waals surface area contributed by atoms with Gasteiger partial charge in [0, 0.05) is 36.3 Å². The summed E-state index contributed by atoms with van der Waals surface area (Å²) in [4.78, 5) is 4.06. The lowest BCUT2D eigenvalue weighted by Crippen LogP contribution is -2.20. The standard InChI is InChI=1S/C23H23F5N6O3/c24-17-7-14(8-18(25)21(17)36-23(26,27)28)11-29-3-1-2-5-35-6-4-30-19-9-15(22-31-13-33-37-22)10-20-16(19)12-32-34-20/h7-10,12-13,29-30H,1-6,11H2,(H,32,34). The summed E-state index contributed by atoms with van der Waals surface area (Å²) in [6.07, 6.45) is -0.650. The van der Waals surface area contributed by atoms with E-state index in [1.165, 1.54) is 6.33 Å². The summed E-state index contributed by atoms with van der Waals surface area (Å²) >= 11 is 0. The van der Waals surface area contributed by atoms with Gasteiger partial charge in [0.25, 0.3) is 5.89 Å². The SMILES string of the molecule is Fc1cc(CNCCCCOCCNc2cc(-c3ncno3)cc3[nH]ncc23)cc(F)c1OC(F)(F)F. The Bertz CT molecular complexity index is 1270. The molecule has 4 aromatic rings. The van der Waals surface area contributed by atoms with Crippen LogP contribution in [0.25, 0.3) is 22.4 Å². The van der Waals surface area contributed by atoms with Gasteiger partial charge in [-0.25, -0.2) is 8.78 Å². The van der Waals surface area contributed by atoms with Crippen LogP contribution in [0.4, 0.5) is 27.6 Å². The molecule has 0 bridgehead atoms. The fraction of sp³-hybridized carbons (Fsp3) is 0.348. The first-order valence-electron chi connectivity index (χ1n) is 11.3. The van der Waals surface area contributed by atoms with E-state index in [0.717, 1.165) is 47.1 Å². The van der Waals surface area contributed by atoms with Crippen molar-refractivity contribution in [2.24, 2.45) is 0 Å². The molecule has 14 heteroatoms. The molecular weight excluding hydrogens is 503 g/mol. The van der Waals surface area contributed by atoms with Crippen LogP contribution in [0, 0.1) is 11.6 Å². The Kier molecular flexibility index (Phi) is 8.50. The van der Waals surface area contributed by atoms with Crippen molar-refractivity contribution in [3.63, 3.8) is 0 Å². The second-order valence-corrected chi connectivity index (χ2v) is 7.96.